The highest BCUT2D eigenvalue weighted by Gasteiger charge is 2.30. The number of nitrogens with one attached hydrogen (secondary N) is 1. The van der Waals surface area contributed by atoms with Gasteiger partial charge >= 0.3 is 12.1 Å². The van der Waals surface area contributed by atoms with Crippen LogP contribution >= 0.6 is 0 Å². The average molecular weight is 293 g/mol. The van der Waals surface area contributed by atoms with Gasteiger partial charge in [-0.15, -0.1) is 0 Å². The second kappa shape index (κ2) is 8.29. The van der Waals surface area contributed by atoms with E-state index < -0.39 is 11.8 Å². The standard InChI is InChI=1S/C16H23NO4/c1-4-11-16(3,21-14(18)5-2)17-15(19)20-12-13-9-7-6-8-10-13/h6-10H,4-5,11-12H2,1-3H3,(H,17,19). The van der Waals surface area contributed by atoms with E-state index in [1.54, 1.807) is 13.8 Å². The number of amides is 1. The molecule has 1 amide bonds. The zero-order chi connectivity index (χ0) is 15.7. The third-order valence-corrected chi connectivity index (χ3v) is 2.93. The van der Waals surface area contributed by atoms with E-state index in [9.17, 15) is 9.59 Å². The quantitative estimate of drug-likeness (QED) is 0.618. The molecule has 1 unspecified atom stereocenters. The summed E-state index contributed by atoms with van der Waals surface area (Å²) in [5, 5.41) is 2.63. The molecule has 0 spiro atoms. The summed E-state index contributed by atoms with van der Waals surface area (Å²) in [6.45, 7) is 5.52. The molecule has 0 saturated carbocycles. The molecule has 0 saturated heterocycles. The van der Waals surface area contributed by atoms with Gasteiger partial charge in [-0.2, -0.15) is 0 Å². The predicted octanol–water partition coefficient (Wildman–Crippen LogP) is 3.38. The van der Waals surface area contributed by atoms with Gasteiger partial charge in [0.2, 0.25) is 0 Å². The number of carbonyl (C=O) groups excluding carboxylic acids is 2. The summed E-state index contributed by atoms with van der Waals surface area (Å²) in [5.41, 5.74) is -0.134. The Balaban J connectivity index is 2.53. The molecular formula is C16H23NO4. The number of hydrogen-bond donors (Lipinski definition) is 1. The van der Waals surface area contributed by atoms with Gasteiger partial charge in [0.1, 0.15) is 6.61 Å². The van der Waals surface area contributed by atoms with Crippen LogP contribution in [0.1, 0.15) is 45.6 Å². The van der Waals surface area contributed by atoms with E-state index in [1.807, 2.05) is 37.3 Å². The zero-order valence-electron chi connectivity index (χ0n) is 12.8. The summed E-state index contributed by atoms with van der Waals surface area (Å²) in [6.07, 6.45) is 0.963. The summed E-state index contributed by atoms with van der Waals surface area (Å²) in [7, 11) is 0. The molecule has 0 aliphatic carbocycles. The highest BCUT2D eigenvalue weighted by molar-refractivity contribution is 5.71. The lowest BCUT2D eigenvalue weighted by atomic mass is 10.1. The highest BCUT2D eigenvalue weighted by Crippen LogP contribution is 2.16. The lowest BCUT2D eigenvalue weighted by molar-refractivity contribution is -0.161. The Morgan fingerprint density at radius 3 is 2.43 bits per heavy atom. The molecule has 1 aromatic rings. The fourth-order valence-electron chi connectivity index (χ4n) is 1.91. The topological polar surface area (TPSA) is 64.6 Å². The van der Waals surface area contributed by atoms with E-state index in [0.29, 0.717) is 6.42 Å². The Bertz CT molecular complexity index is 461. The molecule has 1 aromatic carbocycles. The third kappa shape index (κ3) is 6.29. The lowest BCUT2D eigenvalue weighted by Crippen LogP contribution is -2.49. The Hall–Kier alpha value is -2.04. The Morgan fingerprint density at radius 2 is 1.86 bits per heavy atom. The smallest absolute Gasteiger partial charge is 0.410 e. The van der Waals surface area contributed by atoms with Crippen molar-refractivity contribution in [2.75, 3.05) is 0 Å². The van der Waals surface area contributed by atoms with Crippen LogP contribution in [0.4, 0.5) is 4.79 Å². The first kappa shape index (κ1) is 17.0. The van der Waals surface area contributed by atoms with E-state index in [0.717, 1.165) is 12.0 Å². The second-order valence-corrected chi connectivity index (χ2v) is 5.00. The minimum Gasteiger partial charge on any atom is -0.445 e. The van der Waals surface area contributed by atoms with Gasteiger partial charge in [-0.3, -0.25) is 10.1 Å². The van der Waals surface area contributed by atoms with Gasteiger partial charge in [-0.25, -0.2) is 4.79 Å². The van der Waals surface area contributed by atoms with Crippen molar-refractivity contribution in [1.82, 2.24) is 5.32 Å². The number of rotatable bonds is 7. The maximum atomic E-state index is 11.9. The van der Waals surface area contributed by atoms with Crippen molar-refractivity contribution in [3.8, 4) is 0 Å². The Kier molecular flexibility index (Phi) is 6.72. The van der Waals surface area contributed by atoms with Gasteiger partial charge in [-0.05, 0) is 12.5 Å². The second-order valence-electron chi connectivity index (χ2n) is 5.00. The molecule has 0 aromatic heterocycles. The van der Waals surface area contributed by atoms with Crippen molar-refractivity contribution in [1.29, 1.82) is 0 Å². The van der Waals surface area contributed by atoms with Crippen LogP contribution < -0.4 is 5.32 Å². The first-order chi connectivity index (χ1) is 9.99. The molecule has 5 nitrogen and oxygen atoms in total. The van der Waals surface area contributed by atoms with Crippen LogP contribution in [0, 0.1) is 0 Å². The number of alkyl carbamates (subject to hydrolysis) is 1. The van der Waals surface area contributed by atoms with Crippen molar-refractivity contribution in [3.05, 3.63) is 35.9 Å². The van der Waals surface area contributed by atoms with Crippen LogP contribution in [-0.2, 0) is 20.9 Å². The van der Waals surface area contributed by atoms with Gasteiger partial charge in [0.05, 0.1) is 0 Å². The fraction of sp³-hybridized carbons (Fsp3) is 0.500. The van der Waals surface area contributed by atoms with Crippen molar-refractivity contribution in [2.24, 2.45) is 0 Å². The average Bonchev–Trinajstić information content (AvgIpc) is 2.46. The summed E-state index contributed by atoms with van der Waals surface area (Å²) >= 11 is 0. The number of carbonyl (C=O) groups is 2. The Labute approximate surface area is 125 Å². The molecule has 116 valence electrons. The number of hydrogen-bond acceptors (Lipinski definition) is 4. The molecule has 0 bridgehead atoms. The molecule has 0 heterocycles. The predicted molar refractivity (Wildman–Crippen MR) is 79.5 cm³/mol. The molecule has 0 aliphatic rings. The normalized spacial score (nSPS) is 13.1. The highest BCUT2D eigenvalue weighted by atomic mass is 16.6. The van der Waals surface area contributed by atoms with Gasteiger partial charge < -0.3 is 9.47 Å². The van der Waals surface area contributed by atoms with Crippen molar-refractivity contribution in [3.63, 3.8) is 0 Å². The largest absolute Gasteiger partial charge is 0.445 e. The van der Waals surface area contributed by atoms with Gasteiger partial charge in [0.15, 0.2) is 5.72 Å². The zero-order valence-corrected chi connectivity index (χ0v) is 12.8. The van der Waals surface area contributed by atoms with Crippen molar-refractivity contribution < 1.29 is 19.1 Å². The molecule has 1 atom stereocenters. The van der Waals surface area contributed by atoms with Crippen LogP contribution in [0.15, 0.2) is 30.3 Å². The maximum absolute atomic E-state index is 11.9. The van der Waals surface area contributed by atoms with Crippen LogP contribution in [0.25, 0.3) is 0 Å². The van der Waals surface area contributed by atoms with Gasteiger partial charge in [0.25, 0.3) is 0 Å². The van der Waals surface area contributed by atoms with Crippen molar-refractivity contribution in [2.45, 2.75) is 52.4 Å². The summed E-state index contributed by atoms with van der Waals surface area (Å²) in [4.78, 5) is 23.3. The monoisotopic (exact) mass is 293 g/mol. The minimum absolute atomic E-state index is 0.177. The molecule has 21 heavy (non-hydrogen) atoms. The van der Waals surface area contributed by atoms with E-state index in [-0.39, 0.29) is 19.0 Å². The maximum Gasteiger partial charge on any atom is 0.410 e. The first-order valence-electron chi connectivity index (χ1n) is 7.19. The number of benzene rings is 1. The van der Waals surface area contributed by atoms with Crippen LogP contribution in [0.3, 0.4) is 0 Å². The molecule has 5 heteroatoms. The third-order valence-electron chi connectivity index (χ3n) is 2.93. The van der Waals surface area contributed by atoms with E-state index in [4.69, 9.17) is 9.47 Å². The van der Waals surface area contributed by atoms with Crippen LogP contribution in [-0.4, -0.2) is 17.8 Å². The lowest BCUT2D eigenvalue weighted by Gasteiger charge is -2.29. The molecule has 1 N–H and O–H groups in total. The van der Waals surface area contributed by atoms with Crippen LogP contribution in [0.5, 0.6) is 0 Å². The first-order valence-corrected chi connectivity index (χ1v) is 7.19. The molecule has 0 radical (unpaired) electrons. The summed E-state index contributed by atoms with van der Waals surface area (Å²) < 4.78 is 10.4. The Morgan fingerprint density at radius 1 is 1.19 bits per heavy atom. The van der Waals surface area contributed by atoms with Gasteiger partial charge in [-0.1, -0.05) is 50.6 Å². The van der Waals surface area contributed by atoms with E-state index in [1.165, 1.54) is 0 Å². The number of esters is 1. The van der Waals surface area contributed by atoms with E-state index in [2.05, 4.69) is 5.32 Å². The summed E-state index contributed by atoms with van der Waals surface area (Å²) in [5.74, 6) is -0.352. The number of ether oxygens (including phenoxy) is 2. The SMILES string of the molecule is CCCC(C)(NC(=O)OCc1ccccc1)OC(=O)CC. The van der Waals surface area contributed by atoms with E-state index >= 15 is 0 Å². The van der Waals surface area contributed by atoms with Crippen molar-refractivity contribution >= 4 is 12.1 Å². The molecule has 1 rings (SSSR count). The molecular weight excluding hydrogens is 270 g/mol. The van der Waals surface area contributed by atoms with Crippen LogP contribution in [0.2, 0.25) is 0 Å². The van der Waals surface area contributed by atoms with Gasteiger partial charge in [0, 0.05) is 12.8 Å². The molecule has 0 fully saturated rings. The summed E-state index contributed by atoms with van der Waals surface area (Å²) in [6, 6.07) is 9.39. The minimum atomic E-state index is -1.03. The fourth-order valence-corrected chi connectivity index (χ4v) is 1.91. The molecule has 0 aliphatic heterocycles.